The number of anilines is 1. The number of amides is 4. The van der Waals surface area contributed by atoms with Crippen LogP contribution < -0.4 is 4.90 Å². The first-order valence-electron chi connectivity index (χ1n) is 9.12. The van der Waals surface area contributed by atoms with Crippen molar-refractivity contribution in [1.29, 1.82) is 0 Å². The molecular weight excluding hydrogens is 376 g/mol. The second-order valence-electron chi connectivity index (χ2n) is 7.13. The van der Waals surface area contributed by atoms with Gasteiger partial charge in [-0.3, -0.25) is 24.6 Å². The fourth-order valence-corrected chi connectivity index (χ4v) is 3.74. The van der Waals surface area contributed by atoms with Gasteiger partial charge in [0.1, 0.15) is 6.67 Å². The fraction of sp³-hybridized carbons (Fsp3) is 0.250. The number of fused-ring (bicyclic) bond motifs is 1. The smallest absolute Gasteiger partial charge is 0.336 e. The third-order valence-corrected chi connectivity index (χ3v) is 5.24. The lowest BCUT2D eigenvalue weighted by Gasteiger charge is -2.28. The zero-order chi connectivity index (χ0) is 20.7. The number of rotatable bonds is 5. The van der Waals surface area contributed by atoms with E-state index in [0.29, 0.717) is 6.42 Å². The van der Waals surface area contributed by atoms with E-state index >= 15 is 0 Å². The molecule has 1 fully saturated rings. The molecule has 2 heterocycles. The number of carbonyl (C=O) groups excluding carboxylic acids is 3. The van der Waals surface area contributed by atoms with Crippen LogP contribution in [0.15, 0.2) is 48.5 Å². The van der Waals surface area contributed by atoms with E-state index in [9.17, 15) is 24.5 Å². The highest BCUT2D eigenvalue weighted by molar-refractivity contribution is 6.44. The van der Waals surface area contributed by atoms with Crippen LogP contribution in [0.2, 0.25) is 0 Å². The van der Waals surface area contributed by atoms with Crippen LogP contribution in [0.4, 0.5) is 16.2 Å². The van der Waals surface area contributed by atoms with Gasteiger partial charge in [-0.25, -0.2) is 9.69 Å². The van der Waals surface area contributed by atoms with Gasteiger partial charge in [0.25, 0.3) is 5.69 Å². The van der Waals surface area contributed by atoms with Crippen molar-refractivity contribution in [3.8, 4) is 0 Å². The van der Waals surface area contributed by atoms with Crippen LogP contribution in [-0.2, 0) is 22.6 Å². The maximum absolute atomic E-state index is 12.8. The molecule has 2 aliphatic heterocycles. The van der Waals surface area contributed by atoms with Crippen molar-refractivity contribution < 1.29 is 19.3 Å². The van der Waals surface area contributed by atoms with E-state index in [2.05, 4.69) is 0 Å². The second-order valence-corrected chi connectivity index (χ2v) is 7.13. The minimum Gasteiger partial charge on any atom is -0.350 e. The van der Waals surface area contributed by atoms with Crippen molar-refractivity contribution in [3.63, 3.8) is 0 Å². The number of imide groups is 2. The van der Waals surface area contributed by atoms with Gasteiger partial charge in [0.15, 0.2) is 0 Å². The van der Waals surface area contributed by atoms with E-state index in [1.165, 1.54) is 12.1 Å². The van der Waals surface area contributed by atoms with Gasteiger partial charge in [-0.2, -0.15) is 0 Å². The molecule has 2 aliphatic rings. The molecule has 148 valence electrons. The number of nitro benzene ring substituents is 1. The SMILES string of the molecule is CC1Cc2cc([N+](=O)[O-])ccc2N1CN1C(=O)C(=O)N(Cc2ccccc2)C1=O. The molecule has 0 saturated carbocycles. The van der Waals surface area contributed by atoms with Crippen LogP contribution in [0.25, 0.3) is 0 Å². The van der Waals surface area contributed by atoms with Crippen molar-refractivity contribution in [3.05, 3.63) is 69.8 Å². The number of hydrogen-bond donors (Lipinski definition) is 0. The van der Waals surface area contributed by atoms with Crippen molar-refractivity contribution in [2.24, 2.45) is 0 Å². The molecule has 2 aromatic rings. The van der Waals surface area contributed by atoms with Crippen LogP contribution in [0.3, 0.4) is 0 Å². The molecule has 9 nitrogen and oxygen atoms in total. The highest BCUT2D eigenvalue weighted by Crippen LogP contribution is 2.35. The predicted octanol–water partition coefficient (Wildman–Crippen LogP) is 2.29. The normalized spacial score (nSPS) is 18.6. The number of carbonyl (C=O) groups is 3. The molecule has 0 aliphatic carbocycles. The Morgan fingerprint density at radius 1 is 1.03 bits per heavy atom. The van der Waals surface area contributed by atoms with E-state index in [0.717, 1.165) is 26.6 Å². The van der Waals surface area contributed by atoms with Gasteiger partial charge >= 0.3 is 17.8 Å². The number of benzene rings is 2. The molecule has 1 unspecified atom stereocenters. The predicted molar refractivity (Wildman–Crippen MR) is 103 cm³/mol. The molecule has 9 heteroatoms. The number of hydrogen-bond acceptors (Lipinski definition) is 6. The first kappa shape index (κ1) is 18.6. The number of nitro groups is 1. The lowest BCUT2D eigenvalue weighted by atomic mass is 10.1. The van der Waals surface area contributed by atoms with Gasteiger partial charge in [-0.05, 0) is 30.5 Å². The highest BCUT2D eigenvalue weighted by Gasteiger charge is 2.46. The number of nitrogens with zero attached hydrogens (tertiary/aromatic N) is 4. The maximum Gasteiger partial charge on any atom is 0.336 e. The molecular formula is C20H18N4O5. The Labute approximate surface area is 166 Å². The van der Waals surface area contributed by atoms with Crippen molar-refractivity contribution in [1.82, 2.24) is 9.80 Å². The standard InChI is InChI=1S/C20H18N4O5/c1-13-9-15-10-16(24(28)29)7-8-17(15)22(13)12-23-19(26)18(25)21(20(23)27)11-14-5-3-2-4-6-14/h2-8,10,13H,9,11-12H2,1H3. The first-order valence-corrected chi connectivity index (χ1v) is 9.12. The Morgan fingerprint density at radius 3 is 2.41 bits per heavy atom. The van der Waals surface area contributed by atoms with Crippen LogP contribution in [0.5, 0.6) is 0 Å². The lowest BCUT2D eigenvalue weighted by molar-refractivity contribution is -0.384. The van der Waals surface area contributed by atoms with Gasteiger partial charge < -0.3 is 4.90 Å². The zero-order valence-electron chi connectivity index (χ0n) is 15.6. The van der Waals surface area contributed by atoms with Crippen molar-refractivity contribution in [2.75, 3.05) is 11.6 Å². The topological polar surface area (TPSA) is 104 Å². The van der Waals surface area contributed by atoms with Gasteiger partial charge in [0, 0.05) is 23.9 Å². The van der Waals surface area contributed by atoms with Gasteiger partial charge in [0.2, 0.25) is 0 Å². The monoisotopic (exact) mass is 394 g/mol. The van der Waals surface area contributed by atoms with E-state index in [1.54, 1.807) is 30.3 Å². The Balaban J connectivity index is 1.55. The Hall–Kier alpha value is -3.75. The van der Waals surface area contributed by atoms with Crippen molar-refractivity contribution in [2.45, 2.75) is 25.9 Å². The van der Waals surface area contributed by atoms with Crippen LogP contribution in [0.1, 0.15) is 18.1 Å². The van der Waals surface area contributed by atoms with Crippen LogP contribution in [-0.4, -0.2) is 45.3 Å². The summed E-state index contributed by atoms with van der Waals surface area (Å²) in [5.41, 5.74) is 2.24. The Morgan fingerprint density at radius 2 is 1.72 bits per heavy atom. The fourth-order valence-electron chi connectivity index (χ4n) is 3.74. The number of non-ortho nitro benzene ring substituents is 1. The van der Waals surface area contributed by atoms with E-state index in [1.807, 2.05) is 17.9 Å². The molecule has 29 heavy (non-hydrogen) atoms. The summed E-state index contributed by atoms with van der Waals surface area (Å²) in [7, 11) is 0. The molecule has 0 radical (unpaired) electrons. The van der Waals surface area contributed by atoms with Gasteiger partial charge in [-0.1, -0.05) is 30.3 Å². The summed E-state index contributed by atoms with van der Waals surface area (Å²) in [4.78, 5) is 51.8. The van der Waals surface area contributed by atoms with Crippen LogP contribution in [0, 0.1) is 10.1 Å². The minimum atomic E-state index is -0.867. The first-order chi connectivity index (χ1) is 13.9. The minimum absolute atomic E-state index is 0.00432. The lowest BCUT2D eigenvalue weighted by Crippen LogP contribution is -2.44. The summed E-state index contributed by atoms with van der Waals surface area (Å²) >= 11 is 0. The molecule has 0 spiro atoms. The molecule has 4 amide bonds. The summed E-state index contributed by atoms with van der Waals surface area (Å²) in [6.07, 6.45) is 0.551. The molecule has 2 aromatic carbocycles. The molecule has 0 N–H and O–H groups in total. The summed E-state index contributed by atoms with van der Waals surface area (Å²) < 4.78 is 0. The second kappa shape index (κ2) is 7.01. The Bertz CT molecular complexity index is 1020. The average molecular weight is 394 g/mol. The summed E-state index contributed by atoms with van der Waals surface area (Å²) in [6.45, 7) is 1.85. The summed E-state index contributed by atoms with van der Waals surface area (Å²) in [6, 6.07) is 12.7. The van der Waals surface area contributed by atoms with Crippen molar-refractivity contribution >= 4 is 29.2 Å². The van der Waals surface area contributed by atoms with E-state index < -0.39 is 22.8 Å². The maximum atomic E-state index is 12.8. The van der Waals surface area contributed by atoms with Gasteiger partial charge in [-0.15, -0.1) is 0 Å². The molecule has 0 aromatic heterocycles. The third-order valence-electron chi connectivity index (χ3n) is 5.24. The summed E-state index contributed by atoms with van der Waals surface area (Å²) in [5, 5.41) is 11.0. The molecule has 0 bridgehead atoms. The quantitative estimate of drug-likeness (QED) is 0.334. The largest absolute Gasteiger partial charge is 0.350 e. The Kier molecular flexibility index (Phi) is 4.50. The third kappa shape index (κ3) is 3.20. The van der Waals surface area contributed by atoms with Crippen LogP contribution >= 0.6 is 0 Å². The van der Waals surface area contributed by atoms with E-state index in [-0.39, 0.29) is 24.9 Å². The zero-order valence-corrected chi connectivity index (χ0v) is 15.6. The average Bonchev–Trinajstić information content (AvgIpc) is 3.12. The molecule has 4 rings (SSSR count). The number of urea groups is 1. The molecule has 1 atom stereocenters. The van der Waals surface area contributed by atoms with Gasteiger partial charge in [0.05, 0.1) is 11.5 Å². The van der Waals surface area contributed by atoms with E-state index in [4.69, 9.17) is 0 Å². The summed E-state index contributed by atoms with van der Waals surface area (Å²) in [5.74, 6) is -1.72. The molecule has 1 saturated heterocycles. The highest BCUT2D eigenvalue weighted by atomic mass is 16.6.